The minimum Gasteiger partial charge on any atom is -0.496 e. The number of Topliss-reactive ketones (excluding diaryl/α,β-unsaturated/α-hetero) is 1. The van der Waals surface area contributed by atoms with Gasteiger partial charge in [0.15, 0.2) is 5.78 Å². The largest absolute Gasteiger partial charge is 0.496 e. The summed E-state index contributed by atoms with van der Waals surface area (Å²) in [7, 11) is 3.58. The van der Waals surface area contributed by atoms with Gasteiger partial charge in [0.2, 0.25) is 0 Å². The molecule has 19 heavy (non-hydrogen) atoms. The lowest BCUT2D eigenvalue weighted by Crippen LogP contribution is -2.45. The van der Waals surface area contributed by atoms with Crippen LogP contribution in [0.2, 0.25) is 0 Å². The molecule has 0 spiro atoms. The molecule has 1 fully saturated rings. The van der Waals surface area contributed by atoms with E-state index in [4.69, 9.17) is 4.74 Å². The van der Waals surface area contributed by atoms with Gasteiger partial charge in [0.05, 0.1) is 7.11 Å². The van der Waals surface area contributed by atoms with Crippen molar-refractivity contribution in [2.45, 2.75) is 33.1 Å². The fourth-order valence-electron chi connectivity index (χ4n) is 2.97. The number of rotatable bonds is 5. The van der Waals surface area contributed by atoms with Gasteiger partial charge in [0.1, 0.15) is 5.75 Å². The number of benzene rings is 1. The molecule has 0 aliphatic heterocycles. The molecule has 1 saturated carbocycles. The smallest absolute Gasteiger partial charge is 0.170 e. The zero-order valence-corrected chi connectivity index (χ0v) is 12.3. The molecule has 1 N–H and O–H groups in total. The van der Waals surface area contributed by atoms with Crippen LogP contribution in [0, 0.1) is 19.3 Å². The van der Waals surface area contributed by atoms with Crippen molar-refractivity contribution in [1.82, 2.24) is 5.32 Å². The molecule has 0 heterocycles. The topological polar surface area (TPSA) is 38.3 Å². The maximum atomic E-state index is 12.8. The van der Waals surface area contributed by atoms with E-state index in [1.807, 2.05) is 33.0 Å². The molecular weight excluding hydrogens is 238 g/mol. The Hall–Kier alpha value is -1.35. The molecule has 0 saturated heterocycles. The molecule has 0 radical (unpaired) electrons. The van der Waals surface area contributed by atoms with Gasteiger partial charge in [-0.2, -0.15) is 0 Å². The van der Waals surface area contributed by atoms with Crippen molar-refractivity contribution in [3.8, 4) is 5.75 Å². The third-order valence-corrected chi connectivity index (χ3v) is 4.29. The van der Waals surface area contributed by atoms with Crippen LogP contribution in [0.25, 0.3) is 0 Å². The molecule has 104 valence electrons. The van der Waals surface area contributed by atoms with E-state index in [2.05, 4.69) is 5.32 Å². The summed E-state index contributed by atoms with van der Waals surface area (Å²) in [4.78, 5) is 12.8. The average Bonchev–Trinajstić information content (AvgIpc) is 2.35. The Bertz CT molecular complexity index is 490. The lowest BCUT2D eigenvalue weighted by molar-refractivity contribution is 0.0613. The van der Waals surface area contributed by atoms with Gasteiger partial charge >= 0.3 is 0 Å². The third-order valence-electron chi connectivity index (χ3n) is 4.29. The molecule has 1 aliphatic rings. The minimum atomic E-state index is -0.180. The lowest BCUT2D eigenvalue weighted by Gasteiger charge is -2.40. The number of ketones is 1. The van der Waals surface area contributed by atoms with Gasteiger partial charge in [-0.3, -0.25) is 4.79 Å². The molecule has 1 aromatic rings. The molecule has 2 rings (SSSR count). The molecule has 3 heteroatoms. The minimum absolute atomic E-state index is 0.180. The van der Waals surface area contributed by atoms with Gasteiger partial charge in [-0.25, -0.2) is 0 Å². The van der Waals surface area contributed by atoms with Crippen molar-refractivity contribution in [2.24, 2.45) is 5.41 Å². The number of aryl methyl sites for hydroxylation is 2. The van der Waals surface area contributed by atoms with Crippen molar-refractivity contribution in [3.63, 3.8) is 0 Å². The Morgan fingerprint density at radius 1 is 1.32 bits per heavy atom. The van der Waals surface area contributed by atoms with Crippen molar-refractivity contribution in [1.29, 1.82) is 0 Å². The summed E-state index contributed by atoms with van der Waals surface area (Å²) in [6, 6.07) is 3.94. The monoisotopic (exact) mass is 261 g/mol. The Balaban J connectivity index is 2.36. The maximum Gasteiger partial charge on any atom is 0.170 e. The van der Waals surface area contributed by atoms with E-state index in [1.165, 1.54) is 0 Å². The fraction of sp³-hybridized carbons (Fsp3) is 0.562. The van der Waals surface area contributed by atoms with Crippen LogP contribution >= 0.6 is 0 Å². The van der Waals surface area contributed by atoms with E-state index in [0.717, 1.165) is 48.2 Å². The summed E-state index contributed by atoms with van der Waals surface area (Å²) in [6.45, 7) is 4.75. The Kier molecular flexibility index (Phi) is 3.95. The SMILES string of the molecule is CNCC1(C(=O)c2cc(C)c(OC)cc2C)CCC1. The van der Waals surface area contributed by atoms with E-state index in [0.29, 0.717) is 0 Å². The molecule has 1 aliphatic carbocycles. The van der Waals surface area contributed by atoms with Crippen LogP contribution in [0.1, 0.15) is 40.7 Å². The highest BCUT2D eigenvalue weighted by atomic mass is 16.5. The summed E-state index contributed by atoms with van der Waals surface area (Å²) in [5.74, 6) is 1.14. The number of hydrogen-bond acceptors (Lipinski definition) is 3. The molecule has 0 atom stereocenters. The van der Waals surface area contributed by atoms with Gasteiger partial charge in [-0.15, -0.1) is 0 Å². The van der Waals surface area contributed by atoms with Gasteiger partial charge in [0.25, 0.3) is 0 Å². The van der Waals surface area contributed by atoms with Crippen molar-refractivity contribution >= 4 is 5.78 Å². The molecule has 3 nitrogen and oxygen atoms in total. The zero-order chi connectivity index (χ0) is 14.0. The van der Waals surface area contributed by atoms with E-state index < -0.39 is 0 Å². The van der Waals surface area contributed by atoms with Crippen molar-refractivity contribution < 1.29 is 9.53 Å². The quantitative estimate of drug-likeness (QED) is 0.828. The lowest BCUT2D eigenvalue weighted by atomic mass is 9.64. The van der Waals surface area contributed by atoms with Crippen LogP contribution in [-0.2, 0) is 0 Å². The average molecular weight is 261 g/mol. The van der Waals surface area contributed by atoms with E-state index >= 15 is 0 Å². The second-order valence-corrected chi connectivity index (χ2v) is 5.63. The highest BCUT2D eigenvalue weighted by molar-refractivity contribution is 6.02. The summed E-state index contributed by atoms with van der Waals surface area (Å²) >= 11 is 0. The Morgan fingerprint density at radius 2 is 2.00 bits per heavy atom. The molecular formula is C16H23NO2. The first-order valence-electron chi connectivity index (χ1n) is 6.89. The van der Waals surface area contributed by atoms with Crippen LogP contribution in [0.15, 0.2) is 12.1 Å². The predicted octanol–water partition coefficient (Wildman–Crippen LogP) is 2.88. The third kappa shape index (κ3) is 2.39. The van der Waals surface area contributed by atoms with Crippen LogP contribution < -0.4 is 10.1 Å². The standard InChI is InChI=1S/C16H23NO2/c1-11-9-14(19-4)12(2)8-13(11)15(18)16(10-17-3)6-5-7-16/h8-9,17H,5-7,10H2,1-4H3. The summed E-state index contributed by atoms with van der Waals surface area (Å²) < 4.78 is 5.31. The van der Waals surface area contributed by atoms with Crippen molar-refractivity contribution in [3.05, 3.63) is 28.8 Å². The fourth-order valence-corrected chi connectivity index (χ4v) is 2.97. The first-order chi connectivity index (χ1) is 9.04. The number of ether oxygens (including phenoxy) is 1. The van der Waals surface area contributed by atoms with E-state index in [-0.39, 0.29) is 11.2 Å². The van der Waals surface area contributed by atoms with Crippen molar-refractivity contribution in [2.75, 3.05) is 20.7 Å². The van der Waals surface area contributed by atoms with Gasteiger partial charge in [-0.05, 0) is 57.0 Å². The summed E-state index contributed by atoms with van der Waals surface area (Å²) in [6.07, 6.45) is 3.15. The molecule has 0 bridgehead atoms. The summed E-state index contributed by atoms with van der Waals surface area (Å²) in [5.41, 5.74) is 2.71. The predicted molar refractivity (Wildman–Crippen MR) is 77.0 cm³/mol. The molecule has 1 aromatic carbocycles. The highest BCUT2D eigenvalue weighted by Gasteiger charge is 2.44. The second-order valence-electron chi connectivity index (χ2n) is 5.63. The molecule has 0 unspecified atom stereocenters. The first kappa shape index (κ1) is 14.1. The normalized spacial score (nSPS) is 16.8. The molecule has 0 aromatic heterocycles. The second kappa shape index (κ2) is 5.33. The van der Waals surface area contributed by atoms with Gasteiger partial charge in [0, 0.05) is 17.5 Å². The number of methoxy groups -OCH3 is 1. The number of nitrogens with one attached hydrogen (secondary N) is 1. The van der Waals surface area contributed by atoms with Crippen LogP contribution in [-0.4, -0.2) is 26.5 Å². The van der Waals surface area contributed by atoms with Gasteiger partial charge in [-0.1, -0.05) is 6.42 Å². The summed E-state index contributed by atoms with van der Waals surface area (Å²) in [5, 5.41) is 3.17. The van der Waals surface area contributed by atoms with Crippen LogP contribution in [0.5, 0.6) is 5.75 Å². The van der Waals surface area contributed by atoms with E-state index in [9.17, 15) is 4.79 Å². The highest BCUT2D eigenvalue weighted by Crippen LogP contribution is 2.44. The Morgan fingerprint density at radius 3 is 2.47 bits per heavy atom. The Labute approximate surface area is 115 Å². The van der Waals surface area contributed by atoms with Crippen LogP contribution in [0.4, 0.5) is 0 Å². The number of hydrogen-bond donors (Lipinski definition) is 1. The van der Waals surface area contributed by atoms with Crippen LogP contribution in [0.3, 0.4) is 0 Å². The van der Waals surface area contributed by atoms with Gasteiger partial charge < -0.3 is 10.1 Å². The zero-order valence-electron chi connectivity index (χ0n) is 12.3. The first-order valence-corrected chi connectivity index (χ1v) is 6.89. The molecule has 0 amide bonds. The number of carbonyl (C=O) groups excluding carboxylic acids is 1. The maximum absolute atomic E-state index is 12.8. The number of carbonyl (C=O) groups is 1. The van der Waals surface area contributed by atoms with E-state index in [1.54, 1.807) is 7.11 Å².